The summed E-state index contributed by atoms with van der Waals surface area (Å²) in [5, 5.41) is 10.9. The smallest absolute Gasteiger partial charge is 0.167 e. The topological polar surface area (TPSA) is 46.5 Å². The van der Waals surface area contributed by atoms with Crippen LogP contribution in [0.2, 0.25) is 0 Å². The van der Waals surface area contributed by atoms with E-state index in [0.717, 1.165) is 55.4 Å². The van der Waals surface area contributed by atoms with Gasteiger partial charge in [0, 0.05) is 18.6 Å². The molecule has 0 radical (unpaired) electrons. The van der Waals surface area contributed by atoms with Gasteiger partial charge in [0.2, 0.25) is 0 Å². The summed E-state index contributed by atoms with van der Waals surface area (Å²) < 4.78 is 5.93. The molecule has 37 heavy (non-hydrogen) atoms. The lowest BCUT2D eigenvalue weighted by Gasteiger charge is -2.62. The molecule has 0 spiro atoms. The third kappa shape index (κ3) is 4.03. The first-order valence-electron chi connectivity index (χ1n) is 14.7. The first-order valence-corrected chi connectivity index (χ1v) is 14.7. The Bertz CT molecular complexity index is 1140. The molecule has 0 heterocycles. The Kier molecular flexibility index (Phi) is 6.39. The maximum Gasteiger partial charge on any atom is 0.167 e. The summed E-state index contributed by atoms with van der Waals surface area (Å²) in [6.45, 7) is 5.31. The molecular formula is C34H44O3. The summed E-state index contributed by atoms with van der Waals surface area (Å²) in [5.41, 5.74) is 2.84. The van der Waals surface area contributed by atoms with E-state index < -0.39 is 5.60 Å². The molecule has 4 saturated carbocycles. The van der Waals surface area contributed by atoms with Crippen LogP contribution in [0.4, 0.5) is 0 Å². The third-order valence-electron chi connectivity index (χ3n) is 11.7. The molecule has 3 heteroatoms. The van der Waals surface area contributed by atoms with Crippen molar-refractivity contribution in [1.29, 1.82) is 0 Å². The summed E-state index contributed by atoms with van der Waals surface area (Å²) in [5.74, 6) is 2.96. The van der Waals surface area contributed by atoms with E-state index in [9.17, 15) is 9.90 Å². The fourth-order valence-corrected chi connectivity index (χ4v) is 9.97. The summed E-state index contributed by atoms with van der Waals surface area (Å²) in [6, 6.07) is 18.6. The molecule has 4 aliphatic carbocycles. The molecule has 1 N–H and O–H groups in total. The largest absolute Gasteiger partial charge is 0.390 e. The van der Waals surface area contributed by atoms with Crippen LogP contribution in [-0.2, 0) is 4.74 Å². The van der Waals surface area contributed by atoms with Crippen molar-refractivity contribution in [2.24, 2.45) is 40.4 Å². The van der Waals surface area contributed by atoms with E-state index in [-0.39, 0.29) is 16.7 Å². The molecule has 2 aromatic rings. The van der Waals surface area contributed by atoms with Crippen molar-refractivity contribution in [2.75, 3.05) is 13.7 Å². The van der Waals surface area contributed by atoms with Gasteiger partial charge >= 0.3 is 0 Å². The number of Topliss-reactive ketones (excluding diaryl/α,β-unsaturated/α-hetero) is 1. The van der Waals surface area contributed by atoms with Crippen LogP contribution in [-0.4, -0.2) is 30.2 Å². The normalized spacial score (nSPS) is 40.9. The van der Waals surface area contributed by atoms with Gasteiger partial charge in [0.25, 0.3) is 0 Å². The second-order valence-electron chi connectivity index (χ2n) is 13.5. The van der Waals surface area contributed by atoms with Gasteiger partial charge in [-0.05, 0) is 110 Å². The van der Waals surface area contributed by atoms with Crippen molar-refractivity contribution in [3.8, 4) is 11.1 Å². The van der Waals surface area contributed by atoms with Crippen molar-refractivity contribution in [3.63, 3.8) is 0 Å². The van der Waals surface area contributed by atoms with Crippen LogP contribution in [0.1, 0.15) is 82.0 Å². The molecule has 0 bridgehead atoms. The SMILES string of the molecule is COC[C@]12CC[C@@](C)(O)C[C@@H]1CC[C@H]1[C@@H]3CC[C@H](C(=O)c4ccccc4-c4ccccc4)[C@@]3(C)CC[C@@H]12. The van der Waals surface area contributed by atoms with Crippen LogP contribution in [0.5, 0.6) is 0 Å². The van der Waals surface area contributed by atoms with Gasteiger partial charge < -0.3 is 9.84 Å². The number of rotatable bonds is 5. The highest BCUT2D eigenvalue weighted by molar-refractivity contribution is 6.04. The Labute approximate surface area is 223 Å². The minimum atomic E-state index is -0.533. The van der Waals surface area contributed by atoms with Gasteiger partial charge in [-0.3, -0.25) is 4.79 Å². The van der Waals surface area contributed by atoms with E-state index in [2.05, 4.69) is 49.4 Å². The van der Waals surface area contributed by atoms with Crippen LogP contribution in [0.15, 0.2) is 54.6 Å². The molecule has 4 fully saturated rings. The molecule has 0 unspecified atom stereocenters. The van der Waals surface area contributed by atoms with E-state index in [0.29, 0.717) is 29.5 Å². The first-order chi connectivity index (χ1) is 17.8. The monoisotopic (exact) mass is 500 g/mol. The standard InChI is InChI=1S/C34H44O3/c1-32(36)19-20-34(22-37-3)24(21-32)13-14-27-28-15-16-30(33(28,2)18-17-29(27)34)31(35)26-12-8-7-11-25(26)23-9-5-4-6-10-23/h4-12,24,27-30,36H,13-22H2,1-3H3/t24-,27-,28-,29-,30+,32+,33-,34+/m0/s1. The number of methoxy groups -OCH3 is 1. The second-order valence-corrected chi connectivity index (χ2v) is 13.5. The molecule has 0 saturated heterocycles. The van der Waals surface area contributed by atoms with Crippen LogP contribution < -0.4 is 0 Å². The minimum Gasteiger partial charge on any atom is -0.390 e. The van der Waals surface area contributed by atoms with Crippen molar-refractivity contribution in [3.05, 3.63) is 60.2 Å². The average Bonchev–Trinajstić information content (AvgIpc) is 3.26. The van der Waals surface area contributed by atoms with Crippen LogP contribution >= 0.6 is 0 Å². The molecule has 0 amide bonds. The van der Waals surface area contributed by atoms with Crippen LogP contribution in [0, 0.1) is 40.4 Å². The molecule has 0 aliphatic heterocycles. The highest BCUT2D eigenvalue weighted by Crippen LogP contribution is 2.68. The van der Waals surface area contributed by atoms with E-state index >= 15 is 0 Å². The van der Waals surface area contributed by atoms with Gasteiger partial charge in [-0.1, -0.05) is 61.5 Å². The van der Waals surface area contributed by atoms with E-state index in [1.54, 1.807) is 0 Å². The first kappa shape index (κ1) is 25.3. The number of fused-ring (bicyclic) bond motifs is 5. The summed E-state index contributed by atoms with van der Waals surface area (Å²) in [7, 11) is 1.86. The average molecular weight is 501 g/mol. The number of hydrogen-bond acceptors (Lipinski definition) is 3. The lowest BCUT2D eigenvalue weighted by molar-refractivity contribution is -0.173. The molecule has 2 aromatic carbocycles. The predicted molar refractivity (Wildman–Crippen MR) is 148 cm³/mol. The maximum absolute atomic E-state index is 14.3. The number of aliphatic hydroxyl groups is 1. The van der Waals surface area contributed by atoms with Gasteiger partial charge in [-0.15, -0.1) is 0 Å². The van der Waals surface area contributed by atoms with Gasteiger partial charge in [0.05, 0.1) is 12.2 Å². The molecule has 198 valence electrons. The molecule has 6 rings (SSSR count). The lowest BCUT2D eigenvalue weighted by atomic mass is 9.43. The molecular weight excluding hydrogens is 456 g/mol. The van der Waals surface area contributed by atoms with Crippen LogP contribution in [0.3, 0.4) is 0 Å². The van der Waals surface area contributed by atoms with Crippen LogP contribution in [0.25, 0.3) is 11.1 Å². The maximum atomic E-state index is 14.3. The number of carbonyl (C=O) groups is 1. The van der Waals surface area contributed by atoms with E-state index in [1.807, 2.05) is 26.2 Å². The molecule has 8 atom stereocenters. The number of ether oxygens (including phenoxy) is 1. The van der Waals surface area contributed by atoms with Gasteiger partial charge in [0.15, 0.2) is 5.78 Å². The van der Waals surface area contributed by atoms with Gasteiger partial charge in [-0.2, -0.15) is 0 Å². The zero-order valence-corrected chi connectivity index (χ0v) is 22.9. The second kappa shape index (κ2) is 9.35. The van der Waals surface area contributed by atoms with Crippen molar-refractivity contribution in [2.45, 2.75) is 77.2 Å². The van der Waals surface area contributed by atoms with Gasteiger partial charge in [0.1, 0.15) is 0 Å². The van der Waals surface area contributed by atoms with Crippen molar-refractivity contribution in [1.82, 2.24) is 0 Å². The number of benzene rings is 2. The van der Waals surface area contributed by atoms with E-state index in [1.165, 1.54) is 25.7 Å². The van der Waals surface area contributed by atoms with Crippen molar-refractivity contribution < 1.29 is 14.6 Å². The fourth-order valence-electron chi connectivity index (χ4n) is 9.97. The lowest BCUT2D eigenvalue weighted by Crippen LogP contribution is -2.58. The summed E-state index contributed by atoms with van der Waals surface area (Å²) in [6.07, 6.45) is 9.85. The Hall–Kier alpha value is -1.97. The number of hydrogen-bond donors (Lipinski definition) is 1. The highest BCUT2D eigenvalue weighted by Gasteiger charge is 2.63. The van der Waals surface area contributed by atoms with Gasteiger partial charge in [-0.25, -0.2) is 0 Å². The Morgan fingerprint density at radius 1 is 0.892 bits per heavy atom. The molecule has 3 nitrogen and oxygen atoms in total. The fraction of sp³-hybridized carbons (Fsp3) is 0.618. The van der Waals surface area contributed by atoms with E-state index in [4.69, 9.17) is 4.74 Å². The zero-order chi connectivity index (χ0) is 25.8. The molecule has 0 aromatic heterocycles. The third-order valence-corrected chi connectivity index (χ3v) is 11.7. The Balaban J connectivity index is 1.29. The Morgan fingerprint density at radius 3 is 2.43 bits per heavy atom. The molecule has 4 aliphatic rings. The quantitative estimate of drug-likeness (QED) is 0.431. The summed E-state index contributed by atoms with van der Waals surface area (Å²) in [4.78, 5) is 14.3. The number of carbonyl (C=O) groups excluding carboxylic acids is 1. The Morgan fingerprint density at radius 2 is 1.65 bits per heavy atom. The predicted octanol–water partition coefficient (Wildman–Crippen LogP) is 7.57. The zero-order valence-electron chi connectivity index (χ0n) is 22.9. The minimum absolute atomic E-state index is 0.0727. The summed E-state index contributed by atoms with van der Waals surface area (Å²) >= 11 is 0. The van der Waals surface area contributed by atoms with Crippen molar-refractivity contribution >= 4 is 5.78 Å². The number of ketones is 1. The highest BCUT2D eigenvalue weighted by atomic mass is 16.5.